The van der Waals surface area contributed by atoms with Crippen LogP contribution in [0.5, 0.6) is 0 Å². The molecule has 0 bridgehead atoms. The van der Waals surface area contributed by atoms with Crippen molar-refractivity contribution in [1.82, 2.24) is 9.80 Å². The Morgan fingerprint density at radius 3 is 2.60 bits per heavy atom. The van der Waals surface area contributed by atoms with Crippen LogP contribution in [0.1, 0.15) is 13.3 Å². The third-order valence-electron chi connectivity index (χ3n) is 3.41. The average molecular weight is 313 g/mol. The van der Waals surface area contributed by atoms with Crippen molar-refractivity contribution in [2.24, 2.45) is 5.73 Å². The van der Waals surface area contributed by atoms with Crippen LogP contribution in [0.2, 0.25) is 0 Å². The number of nitrogens with zero attached hydrogens (tertiary/aromatic N) is 2. The molecule has 0 unspecified atom stereocenters. The van der Waals surface area contributed by atoms with Gasteiger partial charge in [-0.25, -0.2) is 0 Å². The van der Waals surface area contributed by atoms with Gasteiger partial charge in [-0.05, 0) is 25.4 Å². The van der Waals surface area contributed by atoms with Crippen LogP contribution in [0.15, 0.2) is 0 Å². The molecule has 1 aliphatic rings. The lowest BCUT2D eigenvalue weighted by Gasteiger charge is -2.40. The van der Waals surface area contributed by atoms with Gasteiger partial charge in [-0.1, -0.05) is 0 Å². The molecule has 2 atom stereocenters. The Bertz CT molecular complexity index is 328. The van der Waals surface area contributed by atoms with Crippen molar-refractivity contribution < 1.29 is 18.0 Å². The molecular weight excluding hydrogens is 291 g/mol. The van der Waals surface area contributed by atoms with Gasteiger partial charge in [0, 0.05) is 25.7 Å². The highest BCUT2D eigenvalue weighted by atomic mass is 32.2. The quantitative estimate of drug-likeness (QED) is 0.827. The van der Waals surface area contributed by atoms with Crippen LogP contribution < -0.4 is 5.73 Å². The number of hydrogen-bond acceptors (Lipinski definition) is 4. The zero-order valence-corrected chi connectivity index (χ0v) is 12.6. The van der Waals surface area contributed by atoms with E-state index in [2.05, 4.69) is 0 Å². The van der Waals surface area contributed by atoms with Gasteiger partial charge in [0.1, 0.15) is 0 Å². The molecule has 8 heteroatoms. The zero-order chi connectivity index (χ0) is 15.3. The third-order valence-corrected chi connectivity index (χ3v) is 4.05. The first-order valence-corrected chi connectivity index (χ1v) is 7.98. The fraction of sp³-hybridized carbons (Fsp3) is 0.917. The summed E-state index contributed by atoms with van der Waals surface area (Å²) in [7, 11) is 0. The van der Waals surface area contributed by atoms with Crippen molar-refractivity contribution in [3.63, 3.8) is 0 Å². The van der Waals surface area contributed by atoms with E-state index >= 15 is 0 Å². The molecule has 0 aromatic heterocycles. The third kappa shape index (κ3) is 5.49. The van der Waals surface area contributed by atoms with Crippen LogP contribution in [0, 0.1) is 0 Å². The SMILES string of the molecule is CSCC[C@H](N)C(=O)N1CCN(CC(F)(F)F)[C@H](C)C1. The molecule has 0 saturated carbocycles. The molecule has 118 valence electrons. The highest BCUT2D eigenvalue weighted by Gasteiger charge is 2.36. The van der Waals surface area contributed by atoms with Gasteiger partial charge in [0.15, 0.2) is 0 Å². The van der Waals surface area contributed by atoms with Crippen LogP contribution in [-0.4, -0.2) is 72.2 Å². The second-order valence-corrected chi connectivity index (χ2v) is 6.09. The lowest BCUT2D eigenvalue weighted by molar-refractivity contribution is -0.157. The second kappa shape index (κ2) is 7.51. The molecule has 0 spiro atoms. The fourth-order valence-corrected chi connectivity index (χ4v) is 2.75. The van der Waals surface area contributed by atoms with Crippen molar-refractivity contribution in [2.75, 3.05) is 38.2 Å². The molecule has 0 radical (unpaired) electrons. The molecule has 20 heavy (non-hydrogen) atoms. The van der Waals surface area contributed by atoms with Crippen molar-refractivity contribution >= 4 is 17.7 Å². The largest absolute Gasteiger partial charge is 0.401 e. The Balaban J connectivity index is 2.48. The topological polar surface area (TPSA) is 49.6 Å². The molecule has 2 N–H and O–H groups in total. The predicted octanol–water partition coefficient (Wildman–Crippen LogP) is 1.16. The smallest absolute Gasteiger partial charge is 0.339 e. The van der Waals surface area contributed by atoms with Crippen LogP contribution >= 0.6 is 11.8 Å². The molecule has 0 aromatic rings. The van der Waals surface area contributed by atoms with E-state index < -0.39 is 18.8 Å². The molecule has 1 amide bonds. The molecule has 4 nitrogen and oxygen atoms in total. The summed E-state index contributed by atoms with van der Waals surface area (Å²) in [6.45, 7) is 1.64. The summed E-state index contributed by atoms with van der Waals surface area (Å²) in [5.74, 6) is 0.647. The maximum Gasteiger partial charge on any atom is 0.401 e. The first-order valence-electron chi connectivity index (χ1n) is 6.58. The molecule has 1 fully saturated rings. The van der Waals surface area contributed by atoms with E-state index in [9.17, 15) is 18.0 Å². The van der Waals surface area contributed by atoms with E-state index in [-0.39, 0.29) is 18.5 Å². The Morgan fingerprint density at radius 2 is 2.10 bits per heavy atom. The summed E-state index contributed by atoms with van der Waals surface area (Å²) in [6, 6.07) is -0.856. The summed E-state index contributed by atoms with van der Waals surface area (Å²) < 4.78 is 37.2. The average Bonchev–Trinajstić information content (AvgIpc) is 2.36. The number of thioether (sulfide) groups is 1. The number of amides is 1. The number of carbonyl (C=O) groups excluding carboxylic acids is 1. The van der Waals surface area contributed by atoms with Crippen LogP contribution in [0.25, 0.3) is 0 Å². The monoisotopic (exact) mass is 313 g/mol. The first-order chi connectivity index (χ1) is 9.24. The lowest BCUT2D eigenvalue weighted by atomic mass is 10.1. The van der Waals surface area contributed by atoms with E-state index in [0.717, 1.165) is 5.75 Å². The van der Waals surface area contributed by atoms with E-state index in [1.807, 2.05) is 6.26 Å². The number of halogens is 3. The van der Waals surface area contributed by atoms with Gasteiger partial charge in [-0.2, -0.15) is 24.9 Å². The lowest BCUT2D eigenvalue weighted by Crippen LogP contribution is -2.58. The maximum atomic E-state index is 12.4. The molecular formula is C12H22F3N3OS. The highest BCUT2D eigenvalue weighted by Crippen LogP contribution is 2.20. The van der Waals surface area contributed by atoms with E-state index in [4.69, 9.17) is 5.73 Å². The summed E-state index contributed by atoms with van der Waals surface area (Å²) in [6.07, 6.45) is -1.67. The van der Waals surface area contributed by atoms with Gasteiger partial charge >= 0.3 is 6.18 Å². The number of carbonyl (C=O) groups is 1. The van der Waals surface area contributed by atoms with Gasteiger partial charge in [0.2, 0.25) is 5.91 Å². The van der Waals surface area contributed by atoms with Crippen molar-refractivity contribution in [2.45, 2.75) is 31.6 Å². The molecule has 1 aliphatic heterocycles. The zero-order valence-electron chi connectivity index (χ0n) is 11.8. The Labute approximate surface area is 121 Å². The van der Waals surface area contributed by atoms with Crippen molar-refractivity contribution in [1.29, 1.82) is 0 Å². The van der Waals surface area contributed by atoms with Gasteiger partial charge < -0.3 is 10.6 Å². The van der Waals surface area contributed by atoms with Gasteiger partial charge in [-0.3, -0.25) is 9.69 Å². The summed E-state index contributed by atoms with van der Waals surface area (Å²) in [5.41, 5.74) is 5.82. The molecule has 1 heterocycles. The van der Waals surface area contributed by atoms with Crippen molar-refractivity contribution in [3.8, 4) is 0 Å². The minimum absolute atomic E-state index is 0.155. The van der Waals surface area contributed by atoms with Crippen molar-refractivity contribution in [3.05, 3.63) is 0 Å². The Kier molecular flexibility index (Phi) is 6.60. The molecule has 1 saturated heterocycles. The highest BCUT2D eigenvalue weighted by molar-refractivity contribution is 7.98. The summed E-state index contributed by atoms with van der Waals surface area (Å²) in [4.78, 5) is 15.0. The number of hydrogen-bond donors (Lipinski definition) is 1. The fourth-order valence-electron chi connectivity index (χ4n) is 2.26. The summed E-state index contributed by atoms with van der Waals surface area (Å²) in [5, 5.41) is 0. The standard InChI is InChI=1S/C12H22F3N3OS/c1-9-7-17(11(19)10(16)3-6-20-2)4-5-18(9)8-12(13,14)15/h9-10H,3-8,16H2,1-2H3/t9-,10+/m1/s1. The van der Waals surface area contributed by atoms with E-state index in [0.29, 0.717) is 19.5 Å². The number of piperazine rings is 1. The molecule has 0 aromatic carbocycles. The Morgan fingerprint density at radius 1 is 1.45 bits per heavy atom. The van der Waals surface area contributed by atoms with Gasteiger partial charge in [-0.15, -0.1) is 0 Å². The predicted molar refractivity (Wildman–Crippen MR) is 74.6 cm³/mol. The minimum atomic E-state index is -4.20. The van der Waals surface area contributed by atoms with E-state index in [1.165, 1.54) is 4.90 Å². The normalized spacial score (nSPS) is 22.9. The van der Waals surface area contributed by atoms with E-state index in [1.54, 1.807) is 23.6 Å². The van der Waals surface area contributed by atoms with Crippen LogP contribution in [0.4, 0.5) is 13.2 Å². The molecule has 1 rings (SSSR count). The minimum Gasteiger partial charge on any atom is -0.339 e. The number of alkyl halides is 3. The maximum absolute atomic E-state index is 12.4. The summed E-state index contributed by atoms with van der Waals surface area (Å²) >= 11 is 1.62. The van der Waals surface area contributed by atoms with Gasteiger partial charge in [0.05, 0.1) is 12.6 Å². The van der Waals surface area contributed by atoms with Gasteiger partial charge in [0.25, 0.3) is 0 Å². The van der Waals surface area contributed by atoms with Crippen LogP contribution in [-0.2, 0) is 4.79 Å². The Hall–Kier alpha value is -0.470. The molecule has 0 aliphatic carbocycles. The van der Waals surface area contributed by atoms with Crippen LogP contribution in [0.3, 0.4) is 0 Å². The first kappa shape index (κ1) is 17.6. The number of nitrogens with two attached hydrogens (primary N) is 1. The number of rotatable bonds is 5. The second-order valence-electron chi connectivity index (χ2n) is 5.11.